The number of anilines is 1. The van der Waals surface area contributed by atoms with Gasteiger partial charge >= 0.3 is 0 Å². The third-order valence-corrected chi connectivity index (χ3v) is 4.04. The number of rotatable bonds is 5. The number of carbonyl (C=O) groups excluding carboxylic acids is 2. The molecule has 0 saturated heterocycles. The van der Waals surface area contributed by atoms with E-state index in [1.54, 1.807) is 30.3 Å². The molecule has 24 heavy (non-hydrogen) atoms. The quantitative estimate of drug-likeness (QED) is 0.367. The first-order valence-corrected chi connectivity index (χ1v) is 8.39. The summed E-state index contributed by atoms with van der Waals surface area (Å²) in [6, 6.07) is 11.9. The molecule has 2 aromatic rings. The number of halogens is 2. The fourth-order valence-electron chi connectivity index (χ4n) is 1.74. The summed E-state index contributed by atoms with van der Waals surface area (Å²) in [5.74, 6) is -0.993. The van der Waals surface area contributed by atoms with Gasteiger partial charge in [-0.3, -0.25) is 9.59 Å². The van der Waals surface area contributed by atoms with Crippen LogP contribution in [0, 0.1) is 0 Å². The summed E-state index contributed by atoms with van der Waals surface area (Å²) >= 11 is 6.58. The fourth-order valence-corrected chi connectivity index (χ4v) is 2.51. The van der Waals surface area contributed by atoms with Crippen LogP contribution in [0.2, 0.25) is 0 Å². The summed E-state index contributed by atoms with van der Waals surface area (Å²) < 4.78 is 1.49. The molecule has 2 aromatic carbocycles. The number of nitrogens with one attached hydrogen (secondary N) is 2. The number of hydrazone groups is 1. The zero-order chi connectivity index (χ0) is 17.5. The summed E-state index contributed by atoms with van der Waals surface area (Å²) in [6.07, 6.45) is 0.923. The van der Waals surface area contributed by atoms with E-state index >= 15 is 0 Å². The standard InChI is InChI=1S/C16H13Br2N3O3/c17-11-5-6-14(22)10(7-11)9-19-21-16(24)8-15(23)20-13-4-2-1-3-12(13)18/h1-7,9,22H,8H2,(H,20,23)(H,21,24)/b19-9+. The van der Waals surface area contributed by atoms with Crippen molar-refractivity contribution >= 4 is 55.6 Å². The number of carbonyl (C=O) groups is 2. The lowest BCUT2D eigenvalue weighted by Crippen LogP contribution is -2.24. The Balaban J connectivity index is 1.87. The van der Waals surface area contributed by atoms with Crippen molar-refractivity contribution in [2.45, 2.75) is 6.42 Å². The number of phenolic OH excluding ortho intramolecular Hbond substituents is 1. The highest BCUT2D eigenvalue weighted by Gasteiger charge is 2.10. The molecule has 0 radical (unpaired) electrons. The molecule has 0 unspecified atom stereocenters. The lowest BCUT2D eigenvalue weighted by atomic mass is 10.2. The predicted octanol–water partition coefficient (Wildman–Crippen LogP) is 3.40. The van der Waals surface area contributed by atoms with E-state index < -0.39 is 11.8 Å². The second kappa shape index (κ2) is 8.60. The molecule has 0 aliphatic rings. The van der Waals surface area contributed by atoms with Crippen LogP contribution < -0.4 is 10.7 Å². The summed E-state index contributed by atoms with van der Waals surface area (Å²) in [5.41, 5.74) is 3.25. The van der Waals surface area contributed by atoms with Crippen LogP contribution in [0.1, 0.15) is 12.0 Å². The summed E-state index contributed by atoms with van der Waals surface area (Å²) in [5, 5.41) is 16.0. The molecule has 2 rings (SSSR count). The van der Waals surface area contributed by atoms with Gasteiger partial charge in [0.05, 0.1) is 11.9 Å². The van der Waals surface area contributed by atoms with E-state index in [9.17, 15) is 14.7 Å². The Morgan fingerprint density at radius 3 is 2.62 bits per heavy atom. The average molecular weight is 455 g/mol. The van der Waals surface area contributed by atoms with Crippen LogP contribution in [0.25, 0.3) is 0 Å². The van der Waals surface area contributed by atoms with E-state index in [0.717, 1.165) is 8.95 Å². The molecule has 6 nitrogen and oxygen atoms in total. The molecule has 0 bridgehead atoms. The minimum absolute atomic E-state index is 0.0304. The SMILES string of the molecule is O=C(CC(=O)Nc1ccccc1Br)N/N=C/c1cc(Br)ccc1O. The third kappa shape index (κ3) is 5.47. The van der Waals surface area contributed by atoms with E-state index in [4.69, 9.17) is 0 Å². The molecule has 0 heterocycles. The van der Waals surface area contributed by atoms with Crippen LogP contribution >= 0.6 is 31.9 Å². The molecule has 0 fully saturated rings. The van der Waals surface area contributed by atoms with E-state index in [0.29, 0.717) is 11.3 Å². The predicted molar refractivity (Wildman–Crippen MR) is 98.9 cm³/mol. The van der Waals surface area contributed by atoms with Crippen molar-refractivity contribution in [3.63, 3.8) is 0 Å². The number of hydrogen-bond acceptors (Lipinski definition) is 4. The first-order chi connectivity index (χ1) is 11.5. The Hall–Kier alpha value is -2.19. The maximum Gasteiger partial charge on any atom is 0.249 e. The van der Waals surface area contributed by atoms with Gasteiger partial charge in [-0.2, -0.15) is 5.10 Å². The van der Waals surface area contributed by atoms with Gasteiger partial charge in [0.25, 0.3) is 0 Å². The van der Waals surface area contributed by atoms with Crippen LogP contribution in [0.15, 0.2) is 56.5 Å². The molecule has 2 amide bonds. The summed E-state index contributed by atoms with van der Waals surface area (Å²) in [6.45, 7) is 0. The van der Waals surface area contributed by atoms with Crippen LogP contribution in [0.5, 0.6) is 5.75 Å². The van der Waals surface area contributed by atoms with Crippen molar-refractivity contribution < 1.29 is 14.7 Å². The lowest BCUT2D eigenvalue weighted by Gasteiger charge is -2.06. The van der Waals surface area contributed by atoms with Gasteiger partial charge in [-0.1, -0.05) is 28.1 Å². The first kappa shape index (κ1) is 18.2. The van der Waals surface area contributed by atoms with Gasteiger partial charge in [0.15, 0.2) is 0 Å². The number of benzene rings is 2. The van der Waals surface area contributed by atoms with Gasteiger partial charge in [-0.05, 0) is 46.3 Å². The molecule has 0 saturated carbocycles. The Labute approximate surface area is 155 Å². The van der Waals surface area contributed by atoms with Crippen LogP contribution in [-0.2, 0) is 9.59 Å². The topological polar surface area (TPSA) is 90.8 Å². The molecule has 124 valence electrons. The maximum absolute atomic E-state index is 11.8. The zero-order valence-corrected chi connectivity index (χ0v) is 15.5. The van der Waals surface area contributed by atoms with Gasteiger partial charge in [0.2, 0.25) is 11.8 Å². The van der Waals surface area contributed by atoms with Crippen molar-refractivity contribution in [1.29, 1.82) is 0 Å². The van der Waals surface area contributed by atoms with E-state index in [-0.39, 0.29) is 12.2 Å². The molecule has 8 heteroatoms. The van der Waals surface area contributed by atoms with E-state index in [2.05, 4.69) is 47.7 Å². The Morgan fingerprint density at radius 1 is 1.12 bits per heavy atom. The number of hydrogen-bond donors (Lipinski definition) is 3. The Kier molecular flexibility index (Phi) is 6.51. The van der Waals surface area contributed by atoms with Crippen LogP contribution in [-0.4, -0.2) is 23.1 Å². The highest BCUT2D eigenvalue weighted by molar-refractivity contribution is 9.10. The molecule has 0 aliphatic carbocycles. The summed E-state index contributed by atoms with van der Waals surface area (Å²) in [7, 11) is 0. The third-order valence-electron chi connectivity index (χ3n) is 2.85. The number of para-hydroxylation sites is 1. The van der Waals surface area contributed by atoms with Crippen molar-refractivity contribution in [2.24, 2.45) is 5.10 Å². The van der Waals surface area contributed by atoms with Gasteiger partial charge < -0.3 is 10.4 Å². The molecule has 0 aliphatic heterocycles. The van der Waals surface area contributed by atoms with Crippen molar-refractivity contribution in [3.8, 4) is 5.75 Å². The number of nitrogens with zero attached hydrogens (tertiary/aromatic N) is 1. The lowest BCUT2D eigenvalue weighted by molar-refractivity contribution is -0.126. The Morgan fingerprint density at radius 2 is 1.88 bits per heavy atom. The van der Waals surface area contributed by atoms with Crippen LogP contribution in [0.4, 0.5) is 5.69 Å². The maximum atomic E-state index is 11.8. The number of phenols is 1. The van der Waals surface area contributed by atoms with Crippen molar-refractivity contribution in [1.82, 2.24) is 5.43 Å². The Bertz CT molecular complexity index is 794. The second-order valence-corrected chi connectivity index (χ2v) is 6.47. The van der Waals surface area contributed by atoms with Gasteiger partial charge in [-0.25, -0.2) is 5.43 Å². The molecular formula is C16H13Br2N3O3. The summed E-state index contributed by atoms with van der Waals surface area (Å²) in [4.78, 5) is 23.5. The molecule has 3 N–H and O–H groups in total. The van der Waals surface area contributed by atoms with Gasteiger partial charge in [-0.15, -0.1) is 0 Å². The highest BCUT2D eigenvalue weighted by atomic mass is 79.9. The molecule has 0 atom stereocenters. The van der Waals surface area contributed by atoms with Crippen molar-refractivity contribution in [3.05, 3.63) is 57.0 Å². The van der Waals surface area contributed by atoms with Gasteiger partial charge in [0, 0.05) is 14.5 Å². The molecule has 0 aromatic heterocycles. The normalized spacial score (nSPS) is 10.6. The molecule has 0 spiro atoms. The zero-order valence-electron chi connectivity index (χ0n) is 12.3. The number of aromatic hydroxyl groups is 1. The second-order valence-electron chi connectivity index (χ2n) is 4.70. The largest absolute Gasteiger partial charge is 0.507 e. The molecular weight excluding hydrogens is 442 g/mol. The number of amides is 2. The van der Waals surface area contributed by atoms with E-state index in [1.807, 2.05) is 6.07 Å². The minimum Gasteiger partial charge on any atom is -0.507 e. The van der Waals surface area contributed by atoms with Gasteiger partial charge in [0.1, 0.15) is 12.2 Å². The average Bonchev–Trinajstić information content (AvgIpc) is 2.53. The highest BCUT2D eigenvalue weighted by Crippen LogP contribution is 2.21. The first-order valence-electron chi connectivity index (χ1n) is 6.80. The van der Waals surface area contributed by atoms with E-state index in [1.165, 1.54) is 12.3 Å². The monoisotopic (exact) mass is 453 g/mol. The van der Waals surface area contributed by atoms with Crippen molar-refractivity contribution in [2.75, 3.05) is 5.32 Å². The fraction of sp³-hybridized carbons (Fsp3) is 0.0625. The van der Waals surface area contributed by atoms with Crippen LogP contribution in [0.3, 0.4) is 0 Å². The smallest absolute Gasteiger partial charge is 0.249 e. The minimum atomic E-state index is -0.565.